The molecule has 0 saturated carbocycles. The summed E-state index contributed by atoms with van der Waals surface area (Å²) in [6.45, 7) is 5.79. The van der Waals surface area contributed by atoms with Crippen molar-refractivity contribution in [3.8, 4) is 34.0 Å². The number of nitrogens with zero attached hydrogens (tertiary/aromatic N) is 5. The lowest BCUT2D eigenvalue weighted by molar-refractivity contribution is 0.336. The summed E-state index contributed by atoms with van der Waals surface area (Å²) in [5, 5.41) is 12.3. The first-order valence-corrected chi connectivity index (χ1v) is 12.7. The molecule has 0 radical (unpaired) electrons. The van der Waals surface area contributed by atoms with Crippen LogP contribution in [-0.2, 0) is 13.1 Å². The van der Waals surface area contributed by atoms with Gasteiger partial charge in [-0.3, -0.25) is 5.10 Å². The van der Waals surface area contributed by atoms with Gasteiger partial charge < -0.3 is 26.0 Å². The molecular weight excluding hydrogens is 483 g/mol. The van der Waals surface area contributed by atoms with Gasteiger partial charge in [0.25, 0.3) is 0 Å². The molecule has 0 fully saturated rings. The zero-order valence-corrected chi connectivity index (χ0v) is 22.5. The summed E-state index contributed by atoms with van der Waals surface area (Å²) in [5.74, 6) is 0.370. The van der Waals surface area contributed by atoms with Gasteiger partial charge in [0.15, 0.2) is 0 Å². The van der Waals surface area contributed by atoms with Gasteiger partial charge in [-0.1, -0.05) is 6.07 Å². The maximum Gasteiger partial charge on any atom is 0.132 e. The van der Waals surface area contributed by atoms with Crippen LogP contribution in [-0.4, -0.2) is 77.2 Å². The van der Waals surface area contributed by atoms with E-state index in [-0.39, 0.29) is 5.82 Å². The number of nitrogens with two attached hydrogens (primary N) is 2. The lowest BCUT2D eigenvalue weighted by Gasteiger charge is -2.16. The van der Waals surface area contributed by atoms with E-state index in [1.54, 1.807) is 17.9 Å². The molecule has 0 atom stereocenters. The molecule has 202 valence electrons. The van der Waals surface area contributed by atoms with Crippen molar-refractivity contribution < 1.29 is 9.13 Å². The van der Waals surface area contributed by atoms with Crippen molar-refractivity contribution in [3.05, 3.63) is 71.3 Å². The van der Waals surface area contributed by atoms with E-state index in [1.165, 1.54) is 6.07 Å². The van der Waals surface area contributed by atoms with E-state index < -0.39 is 0 Å². The van der Waals surface area contributed by atoms with E-state index in [4.69, 9.17) is 21.3 Å². The third-order valence-corrected chi connectivity index (χ3v) is 6.50. The average Bonchev–Trinajstić information content (AvgIpc) is 3.51. The fourth-order valence-electron chi connectivity index (χ4n) is 4.56. The Labute approximate surface area is 223 Å². The number of methoxy groups -OCH3 is 1. The van der Waals surface area contributed by atoms with Gasteiger partial charge in [-0.15, -0.1) is 0 Å². The molecule has 0 unspecified atom stereocenters. The Hall–Kier alpha value is -3.57. The van der Waals surface area contributed by atoms with Crippen LogP contribution in [0, 0.1) is 12.7 Å². The highest BCUT2D eigenvalue weighted by molar-refractivity contribution is 5.72. The predicted octanol–water partition coefficient (Wildman–Crippen LogP) is 3.17. The highest BCUT2D eigenvalue weighted by atomic mass is 19.1. The first-order valence-electron chi connectivity index (χ1n) is 12.7. The van der Waals surface area contributed by atoms with Crippen LogP contribution in [0.4, 0.5) is 4.39 Å². The molecule has 0 spiro atoms. The van der Waals surface area contributed by atoms with E-state index in [9.17, 15) is 4.39 Å². The molecule has 2 heterocycles. The lowest BCUT2D eigenvalue weighted by atomic mass is 10.1. The van der Waals surface area contributed by atoms with Crippen molar-refractivity contribution in [3.63, 3.8) is 0 Å². The van der Waals surface area contributed by atoms with E-state index in [2.05, 4.69) is 20.0 Å². The number of aromatic amines is 1. The third-order valence-electron chi connectivity index (χ3n) is 6.50. The van der Waals surface area contributed by atoms with Gasteiger partial charge in [0.1, 0.15) is 23.0 Å². The molecule has 0 aliphatic rings. The fraction of sp³-hybridized carbons (Fsp3) is 0.357. The number of rotatable bonds is 12. The molecule has 10 heteroatoms. The minimum atomic E-state index is -0.295. The Morgan fingerprint density at radius 2 is 1.63 bits per heavy atom. The maximum atomic E-state index is 15.0. The second-order valence-electron chi connectivity index (χ2n) is 9.63. The molecule has 38 heavy (non-hydrogen) atoms. The number of ether oxygens (including phenoxy) is 1. The van der Waals surface area contributed by atoms with Crippen LogP contribution in [0.5, 0.6) is 5.75 Å². The van der Waals surface area contributed by atoms with Crippen molar-refractivity contribution in [2.75, 3.05) is 47.4 Å². The topological polar surface area (TPSA) is 114 Å². The Bertz CT molecular complexity index is 1360. The summed E-state index contributed by atoms with van der Waals surface area (Å²) in [7, 11) is 5.65. The number of benzene rings is 2. The monoisotopic (exact) mass is 520 g/mol. The summed E-state index contributed by atoms with van der Waals surface area (Å²) in [6.07, 6.45) is 3.84. The van der Waals surface area contributed by atoms with Crippen molar-refractivity contribution in [1.82, 2.24) is 29.8 Å². The smallest absolute Gasteiger partial charge is 0.132 e. The molecule has 2 aromatic carbocycles. The minimum absolute atomic E-state index is 0.295. The molecule has 0 aliphatic carbocycles. The van der Waals surface area contributed by atoms with Crippen LogP contribution in [0.15, 0.2) is 48.8 Å². The average molecular weight is 521 g/mol. The normalized spacial score (nSPS) is 11.6. The van der Waals surface area contributed by atoms with Gasteiger partial charge in [-0.25, -0.2) is 9.07 Å². The van der Waals surface area contributed by atoms with E-state index in [0.717, 1.165) is 46.7 Å². The van der Waals surface area contributed by atoms with Crippen molar-refractivity contribution in [1.29, 1.82) is 0 Å². The van der Waals surface area contributed by atoms with Crippen LogP contribution in [0.3, 0.4) is 0 Å². The third kappa shape index (κ3) is 6.11. The summed E-state index contributed by atoms with van der Waals surface area (Å²) < 4.78 is 22.5. The summed E-state index contributed by atoms with van der Waals surface area (Å²) in [4.78, 5) is 4.25. The summed E-state index contributed by atoms with van der Waals surface area (Å²) >= 11 is 0. The Kier molecular flexibility index (Phi) is 8.90. The van der Waals surface area contributed by atoms with E-state index in [1.807, 2.05) is 57.7 Å². The Morgan fingerprint density at radius 1 is 0.947 bits per heavy atom. The van der Waals surface area contributed by atoms with Gasteiger partial charge in [0.2, 0.25) is 0 Å². The highest BCUT2D eigenvalue weighted by Crippen LogP contribution is 2.34. The van der Waals surface area contributed by atoms with E-state index >= 15 is 0 Å². The number of halogens is 1. The van der Waals surface area contributed by atoms with Gasteiger partial charge >= 0.3 is 0 Å². The minimum Gasteiger partial charge on any atom is -0.496 e. The zero-order valence-electron chi connectivity index (χ0n) is 22.5. The second-order valence-corrected chi connectivity index (χ2v) is 9.63. The number of hydrogen-bond acceptors (Lipinski definition) is 7. The summed E-state index contributed by atoms with van der Waals surface area (Å²) in [6, 6.07) is 11.1. The molecule has 0 amide bonds. The number of aryl methyl sites for hydroxylation is 1. The molecule has 9 nitrogen and oxygen atoms in total. The SMILES string of the molecule is COc1cc(-n2cc(CN(C)CCN)c(-c3ccc(C)cc3F)n2)ccc1-c1n[nH]cc1CN(C)CCN. The zero-order chi connectivity index (χ0) is 27.2. The summed E-state index contributed by atoms with van der Waals surface area (Å²) in [5.41, 5.74) is 17.8. The number of likely N-dealkylation sites (N-methyl/N-ethyl adjacent to an activating group) is 2. The highest BCUT2D eigenvalue weighted by Gasteiger charge is 2.19. The Morgan fingerprint density at radius 3 is 2.29 bits per heavy atom. The first kappa shape index (κ1) is 27.5. The quantitative estimate of drug-likeness (QED) is 0.263. The molecule has 4 aromatic rings. The van der Waals surface area contributed by atoms with Crippen LogP contribution < -0.4 is 16.2 Å². The van der Waals surface area contributed by atoms with Gasteiger partial charge in [-0.05, 0) is 50.8 Å². The van der Waals surface area contributed by atoms with Crippen molar-refractivity contribution >= 4 is 0 Å². The molecule has 2 aromatic heterocycles. The largest absolute Gasteiger partial charge is 0.496 e. The van der Waals surface area contributed by atoms with Gasteiger partial charge in [0.05, 0.1) is 12.8 Å². The lowest BCUT2D eigenvalue weighted by Crippen LogP contribution is -2.25. The maximum absolute atomic E-state index is 15.0. The molecule has 0 saturated heterocycles. The van der Waals surface area contributed by atoms with Crippen LogP contribution in [0.1, 0.15) is 16.7 Å². The van der Waals surface area contributed by atoms with Crippen LogP contribution in [0.25, 0.3) is 28.2 Å². The molecule has 4 rings (SSSR count). The van der Waals surface area contributed by atoms with Gasteiger partial charge in [0, 0.05) is 80.0 Å². The molecule has 0 bridgehead atoms. The fourth-order valence-corrected chi connectivity index (χ4v) is 4.56. The van der Waals surface area contributed by atoms with Crippen molar-refractivity contribution in [2.24, 2.45) is 11.5 Å². The number of hydrogen-bond donors (Lipinski definition) is 3. The number of nitrogens with one attached hydrogen (secondary N) is 1. The first-order chi connectivity index (χ1) is 18.3. The van der Waals surface area contributed by atoms with Gasteiger partial charge in [-0.2, -0.15) is 10.2 Å². The Balaban J connectivity index is 1.73. The number of aromatic nitrogens is 4. The molecule has 5 N–H and O–H groups in total. The number of H-pyrrole nitrogens is 1. The van der Waals surface area contributed by atoms with E-state index in [0.29, 0.717) is 43.2 Å². The van der Waals surface area contributed by atoms with Crippen molar-refractivity contribution in [2.45, 2.75) is 20.0 Å². The predicted molar refractivity (Wildman–Crippen MR) is 149 cm³/mol. The second kappa shape index (κ2) is 12.3. The molecule has 0 aliphatic heterocycles. The van der Waals surface area contributed by atoms with Crippen LogP contribution >= 0.6 is 0 Å². The standard InChI is InChI=1S/C28H37FN8O/c1-19-5-7-23(25(29)13-19)28-21(17-36(3)12-10-31)18-37(34-28)22-6-8-24(26(14-22)38-4)27-20(15-32-33-27)16-35(2)11-9-30/h5-8,13-15,18H,9-12,16-17,30-31H2,1-4H3,(H,32,33). The van der Waals surface area contributed by atoms with Crippen LogP contribution in [0.2, 0.25) is 0 Å². The molecular formula is C28H37FN8O.